The van der Waals surface area contributed by atoms with E-state index in [0.717, 1.165) is 5.56 Å². The first-order valence-corrected chi connectivity index (χ1v) is 4.59. The van der Waals surface area contributed by atoms with Gasteiger partial charge in [0.1, 0.15) is 17.7 Å². The Hall–Kier alpha value is -2.32. The first kappa shape index (κ1) is 10.8. The normalized spacial score (nSPS) is 9.20. The van der Waals surface area contributed by atoms with Crippen LogP contribution in [0.3, 0.4) is 0 Å². The first-order chi connectivity index (χ1) is 7.36. The van der Waals surface area contributed by atoms with Crippen LogP contribution >= 0.6 is 0 Å². The molecule has 0 saturated carbocycles. The summed E-state index contributed by atoms with van der Waals surface area (Å²) in [5.74, 6) is 0. The number of benzene rings is 1. The highest BCUT2D eigenvalue weighted by Gasteiger charge is 1.87. The van der Waals surface area contributed by atoms with Gasteiger partial charge in [-0.1, -0.05) is 48.6 Å². The van der Waals surface area contributed by atoms with Gasteiger partial charge in [0.25, 0.3) is 0 Å². The molecule has 1 rings (SSSR count). The number of hydrogen-bond acceptors (Lipinski definition) is 2. The van der Waals surface area contributed by atoms with Gasteiger partial charge < -0.3 is 0 Å². The van der Waals surface area contributed by atoms with Crippen LogP contribution in [0.2, 0.25) is 0 Å². The monoisotopic (exact) mass is 194 g/mol. The van der Waals surface area contributed by atoms with Crippen LogP contribution in [-0.2, 0) is 0 Å². The largest absolute Gasteiger partial charge is 0.192 e. The van der Waals surface area contributed by atoms with E-state index in [1.807, 2.05) is 54.6 Å². The second kappa shape index (κ2) is 6.18. The lowest BCUT2D eigenvalue weighted by Crippen LogP contribution is -1.71. The molecule has 0 unspecified atom stereocenters. The molecule has 2 nitrogen and oxygen atoms in total. The van der Waals surface area contributed by atoms with Crippen molar-refractivity contribution < 1.29 is 0 Å². The molecule has 1 aromatic rings. The summed E-state index contributed by atoms with van der Waals surface area (Å²) in [6.07, 6.45) is 6.09. The third kappa shape index (κ3) is 3.93. The zero-order valence-corrected chi connectivity index (χ0v) is 8.22. The molecule has 0 atom stereocenters. The molecule has 0 aliphatic heterocycles. The highest BCUT2D eigenvalue weighted by atomic mass is 14.3. The second-order valence-corrected chi connectivity index (χ2v) is 2.89. The molecule has 15 heavy (non-hydrogen) atoms. The average molecular weight is 194 g/mol. The minimum Gasteiger partial charge on any atom is -0.192 e. The summed E-state index contributed by atoms with van der Waals surface area (Å²) in [7, 11) is 0. The predicted octanol–water partition coefficient (Wildman–Crippen LogP) is 3.06. The molecule has 0 heterocycles. The molecule has 0 aliphatic carbocycles. The standard InChI is InChI=1S/C13H10N2/c14-10-13(11-15)9-5-4-8-12-6-2-1-3-7-12/h1-4,6-9H,5H2/b8-4+. The summed E-state index contributed by atoms with van der Waals surface area (Å²) in [4.78, 5) is 0. The van der Waals surface area contributed by atoms with Crippen molar-refractivity contribution in [2.75, 3.05) is 0 Å². The van der Waals surface area contributed by atoms with Gasteiger partial charge in [0, 0.05) is 0 Å². The Morgan fingerprint density at radius 1 is 1.13 bits per heavy atom. The van der Waals surface area contributed by atoms with Gasteiger partial charge in [0.05, 0.1) is 0 Å². The summed E-state index contributed by atoms with van der Waals surface area (Å²) < 4.78 is 0. The van der Waals surface area contributed by atoms with Crippen LogP contribution in [0, 0.1) is 22.7 Å². The molecule has 0 aliphatic rings. The molecule has 0 N–H and O–H groups in total. The maximum Gasteiger partial charge on any atom is 0.126 e. The second-order valence-electron chi connectivity index (χ2n) is 2.89. The van der Waals surface area contributed by atoms with Gasteiger partial charge in [-0.3, -0.25) is 0 Å². The summed E-state index contributed by atoms with van der Waals surface area (Å²) >= 11 is 0. The van der Waals surface area contributed by atoms with Gasteiger partial charge in [0.15, 0.2) is 0 Å². The maximum atomic E-state index is 8.48. The zero-order valence-electron chi connectivity index (χ0n) is 8.22. The zero-order chi connectivity index (χ0) is 10.9. The van der Waals surface area contributed by atoms with Crippen molar-refractivity contribution in [1.29, 1.82) is 10.5 Å². The fraction of sp³-hybridized carbons (Fsp3) is 0.0769. The van der Waals surface area contributed by atoms with Crippen molar-refractivity contribution in [3.8, 4) is 12.1 Å². The van der Waals surface area contributed by atoms with Gasteiger partial charge in [-0.05, 0) is 12.0 Å². The third-order valence-corrected chi connectivity index (χ3v) is 1.81. The van der Waals surface area contributed by atoms with Crippen molar-refractivity contribution in [3.05, 3.63) is 53.6 Å². The van der Waals surface area contributed by atoms with E-state index in [0.29, 0.717) is 6.42 Å². The quantitative estimate of drug-likeness (QED) is 0.694. The SMILES string of the molecule is N#CC(C#N)=CC/C=C/c1ccccc1. The Kier molecular flexibility index (Phi) is 4.43. The minimum absolute atomic E-state index is 0.160. The molecular formula is C13H10N2. The highest BCUT2D eigenvalue weighted by molar-refractivity contribution is 5.49. The van der Waals surface area contributed by atoms with E-state index in [9.17, 15) is 0 Å². The van der Waals surface area contributed by atoms with Gasteiger partial charge in [-0.2, -0.15) is 10.5 Å². The molecular weight excluding hydrogens is 184 g/mol. The van der Waals surface area contributed by atoms with E-state index in [-0.39, 0.29) is 5.57 Å². The van der Waals surface area contributed by atoms with Crippen molar-refractivity contribution in [2.45, 2.75) is 6.42 Å². The lowest BCUT2D eigenvalue weighted by atomic mass is 10.2. The average Bonchev–Trinajstić information content (AvgIpc) is 2.31. The maximum absolute atomic E-state index is 8.48. The van der Waals surface area contributed by atoms with E-state index < -0.39 is 0 Å². The van der Waals surface area contributed by atoms with Gasteiger partial charge in [-0.25, -0.2) is 0 Å². The molecule has 0 bridgehead atoms. The number of nitriles is 2. The summed E-state index contributed by atoms with van der Waals surface area (Å²) in [5.41, 5.74) is 1.27. The number of nitrogens with zero attached hydrogens (tertiary/aromatic N) is 2. The van der Waals surface area contributed by atoms with Crippen LogP contribution in [0.5, 0.6) is 0 Å². The van der Waals surface area contributed by atoms with Crippen LogP contribution < -0.4 is 0 Å². The molecule has 72 valence electrons. The molecule has 1 aromatic carbocycles. The Morgan fingerprint density at radius 3 is 2.40 bits per heavy atom. The Balaban J connectivity index is 2.53. The lowest BCUT2D eigenvalue weighted by molar-refractivity contribution is 1.36. The van der Waals surface area contributed by atoms with Crippen molar-refractivity contribution in [2.24, 2.45) is 0 Å². The number of rotatable bonds is 3. The Morgan fingerprint density at radius 2 is 1.80 bits per heavy atom. The van der Waals surface area contributed by atoms with E-state index >= 15 is 0 Å². The molecule has 0 aromatic heterocycles. The van der Waals surface area contributed by atoms with Crippen LogP contribution in [0.1, 0.15) is 12.0 Å². The van der Waals surface area contributed by atoms with Crippen LogP contribution in [0.25, 0.3) is 6.08 Å². The van der Waals surface area contributed by atoms with Gasteiger partial charge in [-0.15, -0.1) is 0 Å². The van der Waals surface area contributed by atoms with E-state index in [2.05, 4.69) is 0 Å². The fourth-order valence-electron chi connectivity index (χ4n) is 1.07. The lowest BCUT2D eigenvalue weighted by Gasteiger charge is -1.89. The topological polar surface area (TPSA) is 47.6 Å². The fourth-order valence-corrected chi connectivity index (χ4v) is 1.07. The van der Waals surface area contributed by atoms with E-state index in [4.69, 9.17) is 10.5 Å². The van der Waals surface area contributed by atoms with Crippen LogP contribution in [0.4, 0.5) is 0 Å². The van der Waals surface area contributed by atoms with Gasteiger partial charge in [0.2, 0.25) is 0 Å². The smallest absolute Gasteiger partial charge is 0.126 e. The van der Waals surface area contributed by atoms with E-state index in [1.165, 1.54) is 0 Å². The van der Waals surface area contributed by atoms with E-state index in [1.54, 1.807) is 6.08 Å². The molecule has 0 fully saturated rings. The summed E-state index contributed by atoms with van der Waals surface area (Å²) in [6, 6.07) is 13.5. The third-order valence-electron chi connectivity index (χ3n) is 1.81. The number of hydrogen-bond donors (Lipinski definition) is 0. The highest BCUT2D eigenvalue weighted by Crippen LogP contribution is 2.02. The van der Waals surface area contributed by atoms with Crippen molar-refractivity contribution in [1.82, 2.24) is 0 Å². The summed E-state index contributed by atoms with van der Waals surface area (Å²) in [5, 5.41) is 17.0. The molecule has 0 amide bonds. The first-order valence-electron chi connectivity index (χ1n) is 4.59. The van der Waals surface area contributed by atoms with Crippen molar-refractivity contribution in [3.63, 3.8) is 0 Å². The van der Waals surface area contributed by atoms with Crippen LogP contribution in [0.15, 0.2) is 48.1 Å². The predicted molar refractivity (Wildman–Crippen MR) is 59.4 cm³/mol. The van der Waals surface area contributed by atoms with Crippen LogP contribution in [-0.4, -0.2) is 0 Å². The van der Waals surface area contributed by atoms with Crippen molar-refractivity contribution >= 4 is 6.08 Å². The summed E-state index contributed by atoms with van der Waals surface area (Å²) in [6.45, 7) is 0. The minimum atomic E-state index is 0.160. The number of allylic oxidation sites excluding steroid dienone is 3. The Bertz CT molecular complexity index is 426. The molecule has 2 heteroatoms. The molecule has 0 radical (unpaired) electrons. The Labute approximate surface area is 89.4 Å². The van der Waals surface area contributed by atoms with Gasteiger partial charge >= 0.3 is 0 Å². The molecule has 0 saturated heterocycles. The molecule has 0 spiro atoms.